The van der Waals surface area contributed by atoms with Gasteiger partial charge in [0.05, 0.1) is 28.7 Å². The van der Waals surface area contributed by atoms with E-state index < -0.39 is 22.9 Å². The third kappa shape index (κ3) is 4.18. The number of benzene rings is 1. The molecule has 2 N–H and O–H groups in total. The van der Waals surface area contributed by atoms with Crippen molar-refractivity contribution in [3.05, 3.63) is 41.3 Å². The number of hydrogen-bond acceptors (Lipinski definition) is 5. The Labute approximate surface area is 150 Å². The lowest BCUT2D eigenvalue weighted by Gasteiger charge is -2.24. The molecule has 2 amide bonds. The van der Waals surface area contributed by atoms with Gasteiger partial charge in [-0.05, 0) is 25.1 Å². The second kappa shape index (κ2) is 7.02. The number of alkyl halides is 3. The number of carbonyl (C=O) groups excluding carboxylic acids is 2. The van der Waals surface area contributed by atoms with Gasteiger partial charge in [0.25, 0.3) is 0 Å². The minimum atomic E-state index is -4.49. The number of fused-ring (bicyclic) bond motifs is 1. The molecule has 0 radical (unpaired) electrons. The smallest absolute Gasteiger partial charge is 0.359 e. The van der Waals surface area contributed by atoms with Crippen molar-refractivity contribution in [1.29, 1.82) is 0 Å². The number of halogens is 3. The quantitative estimate of drug-likeness (QED) is 0.845. The zero-order valence-corrected chi connectivity index (χ0v) is 14.3. The highest BCUT2D eigenvalue weighted by Crippen LogP contribution is 2.40. The molecule has 0 unspecified atom stereocenters. The number of carbonyl (C=O) groups is 2. The van der Waals surface area contributed by atoms with Crippen molar-refractivity contribution in [2.75, 3.05) is 5.32 Å². The first-order chi connectivity index (χ1) is 12.2. The minimum absolute atomic E-state index is 0.101. The third-order valence-electron chi connectivity index (χ3n) is 3.63. The number of thioether (sulfide) groups is 1. The first kappa shape index (κ1) is 18.3. The molecule has 0 saturated heterocycles. The fourth-order valence-electron chi connectivity index (χ4n) is 2.39. The Morgan fingerprint density at radius 1 is 1.38 bits per heavy atom. The van der Waals surface area contributed by atoms with E-state index in [1.54, 1.807) is 13.0 Å². The number of anilines is 1. The Morgan fingerprint density at radius 3 is 2.81 bits per heavy atom. The van der Waals surface area contributed by atoms with Crippen molar-refractivity contribution < 1.29 is 27.3 Å². The summed E-state index contributed by atoms with van der Waals surface area (Å²) in [4.78, 5) is 24.6. The Kier molecular flexibility index (Phi) is 4.94. The van der Waals surface area contributed by atoms with Gasteiger partial charge in [-0.2, -0.15) is 13.2 Å². The summed E-state index contributed by atoms with van der Waals surface area (Å²) >= 11 is 1.06. The highest BCUT2D eigenvalue weighted by atomic mass is 32.2. The van der Waals surface area contributed by atoms with Crippen molar-refractivity contribution in [1.82, 2.24) is 10.5 Å². The van der Waals surface area contributed by atoms with Crippen molar-refractivity contribution >= 4 is 29.3 Å². The molecular formula is C16H14F3N3O3S. The number of nitrogens with one attached hydrogen (secondary N) is 2. The first-order valence-corrected chi connectivity index (χ1v) is 8.48. The highest BCUT2D eigenvalue weighted by Gasteiger charge is 2.34. The highest BCUT2D eigenvalue weighted by molar-refractivity contribution is 8.01. The molecule has 0 spiro atoms. The van der Waals surface area contributed by atoms with Crippen molar-refractivity contribution in [2.24, 2.45) is 0 Å². The fourth-order valence-corrected chi connectivity index (χ4v) is 3.48. The Balaban J connectivity index is 1.62. The summed E-state index contributed by atoms with van der Waals surface area (Å²) in [5.74, 6) is -0.392. The number of aromatic nitrogens is 1. The zero-order chi connectivity index (χ0) is 18.9. The van der Waals surface area contributed by atoms with Gasteiger partial charge in [-0.1, -0.05) is 5.16 Å². The van der Waals surface area contributed by atoms with Gasteiger partial charge in [0.1, 0.15) is 0 Å². The van der Waals surface area contributed by atoms with Crippen LogP contribution in [-0.2, 0) is 22.3 Å². The van der Waals surface area contributed by atoms with Gasteiger partial charge in [0, 0.05) is 17.4 Å². The van der Waals surface area contributed by atoms with Gasteiger partial charge in [-0.25, -0.2) is 0 Å². The summed E-state index contributed by atoms with van der Waals surface area (Å²) in [6.45, 7) is 1.89. The lowest BCUT2D eigenvalue weighted by molar-refractivity contribution is -0.137. The van der Waals surface area contributed by atoms with Crippen LogP contribution >= 0.6 is 11.8 Å². The second-order valence-corrected chi connectivity index (χ2v) is 6.96. The maximum atomic E-state index is 12.7. The summed E-state index contributed by atoms with van der Waals surface area (Å²) in [6, 6.07) is 4.82. The van der Waals surface area contributed by atoms with E-state index in [0.717, 1.165) is 23.9 Å². The van der Waals surface area contributed by atoms with Gasteiger partial charge >= 0.3 is 6.18 Å². The zero-order valence-electron chi connectivity index (χ0n) is 13.5. The van der Waals surface area contributed by atoms with Gasteiger partial charge in [-0.3, -0.25) is 9.59 Å². The van der Waals surface area contributed by atoms with E-state index >= 15 is 0 Å². The monoisotopic (exact) mass is 385 g/mol. The van der Waals surface area contributed by atoms with Gasteiger partial charge in [0.15, 0.2) is 5.76 Å². The number of aryl methyl sites for hydroxylation is 1. The molecule has 10 heteroatoms. The van der Waals surface area contributed by atoms with Crippen molar-refractivity contribution in [3.63, 3.8) is 0 Å². The summed E-state index contributed by atoms with van der Waals surface area (Å²) in [5, 5.41) is 8.03. The van der Waals surface area contributed by atoms with Crippen LogP contribution in [0.1, 0.15) is 23.4 Å². The summed E-state index contributed by atoms with van der Waals surface area (Å²) in [7, 11) is 0. The van der Waals surface area contributed by atoms with Crippen LogP contribution in [0.25, 0.3) is 0 Å². The molecule has 1 atom stereocenters. The summed E-state index contributed by atoms with van der Waals surface area (Å²) in [5.41, 5.74) is -0.0504. The lowest BCUT2D eigenvalue weighted by Crippen LogP contribution is -2.34. The number of nitrogens with zero attached hydrogens (tertiary/aromatic N) is 1. The molecule has 0 saturated carbocycles. The van der Waals surface area contributed by atoms with Crippen LogP contribution in [0.5, 0.6) is 0 Å². The molecule has 1 aliphatic rings. The first-order valence-electron chi connectivity index (χ1n) is 7.60. The van der Waals surface area contributed by atoms with E-state index in [-0.39, 0.29) is 24.6 Å². The predicted molar refractivity (Wildman–Crippen MR) is 87.4 cm³/mol. The summed E-state index contributed by atoms with van der Waals surface area (Å²) in [6.07, 6.45) is -4.59. The van der Waals surface area contributed by atoms with Crippen LogP contribution in [0, 0.1) is 6.92 Å². The topological polar surface area (TPSA) is 84.2 Å². The third-order valence-corrected chi connectivity index (χ3v) is 4.91. The fraction of sp³-hybridized carbons (Fsp3) is 0.312. The van der Waals surface area contributed by atoms with Gasteiger partial charge < -0.3 is 15.2 Å². The molecule has 1 aromatic heterocycles. The molecule has 0 bridgehead atoms. The molecule has 26 heavy (non-hydrogen) atoms. The molecule has 138 valence electrons. The van der Waals surface area contributed by atoms with E-state index in [9.17, 15) is 22.8 Å². The molecule has 3 rings (SSSR count). The van der Waals surface area contributed by atoms with Crippen LogP contribution in [-0.4, -0.2) is 22.2 Å². The SMILES string of the molecule is Cc1cc(CNC(=O)C[C@@H]2Sc3ccc(C(F)(F)F)cc3NC2=O)on1. The molecule has 2 aromatic rings. The van der Waals surface area contributed by atoms with Crippen LogP contribution in [0.3, 0.4) is 0 Å². The van der Waals surface area contributed by atoms with Crippen molar-refractivity contribution in [3.8, 4) is 0 Å². The lowest BCUT2D eigenvalue weighted by atomic mass is 10.1. The van der Waals surface area contributed by atoms with E-state index in [0.29, 0.717) is 16.3 Å². The molecule has 1 aliphatic heterocycles. The van der Waals surface area contributed by atoms with E-state index in [2.05, 4.69) is 15.8 Å². The molecule has 1 aromatic carbocycles. The number of rotatable bonds is 4. The summed E-state index contributed by atoms with van der Waals surface area (Å²) < 4.78 is 43.2. The maximum Gasteiger partial charge on any atom is 0.416 e. The van der Waals surface area contributed by atoms with Gasteiger partial charge in [0.2, 0.25) is 11.8 Å². The average Bonchev–Trinajstić information content (AvgIpc) is 2.98. The molecule has 0 fully saturated rings. The number of amides is 2. The van der Waals surface area contributed by atoms with Crippen LogP contribution in [0.15, 0.2) is 33.7 Å². The van der Waals surface area contributed by atoms with E-state index in [1.807, 2.05) is 0 Å². The average molecular weight is 385 g/mol. The second-order valence-electron chi connectivity index (χ2n) is 5.72. The maximum absolute atomic E-state index is 12.7. The van der Waals surface area contributed by atoms with Crippen LogP contribution in [0.4, 0.5) is 18.9 Å². The molecule has 2 heterocycles. The van der Waals surface area contributed by atoms with Gasteiger partial charge in [-0.15, -0.1) is 11.8 Å². The van der Waals surface area contributed by atoms with E-state index in [4.69, 9.17) is 4.52 Å². The minimum Gasteiger partial charge on any atom is -0.359 e. The molecule has 6 nitrogen and oxygen atoms in total. The Morgan fingerprint density at radius 2 is 2.15 bits per heavy atom. The standard InChI is InChI=1S/C16H14F3N3O3S/c1-8-4-10(25-22-8)7-20-14(23)6-13-15(24)21-11-5-9(16(17,18)19)2-3-12(11)26-13/h2-5,13H,6-7H2,1H3,(H,20,23)(H,21,24)/t13-/m0/s1. The normalized spacial score (nSPS) is 16.8. The Hall–Kier alpha value is -2.49. The number of hydrogen-bond donors (Lipinski definition) is 2. The predicted octanol–water partition coefficient (Wildman–Crippen LogP) is 3.12. The van der Waals surface area contributed by atoms with Crippen LogP contribution < -0.4 is 10.6 Å². The van der Waals surface area contributed by atoms with E-state index in [1.165, 1.54) is 6.07 Å². The molecular weight excluding hydrogens is 371 g/mol. The molecule has 0 aliphatic carbocycles. The Bertz CT molecular complexity index is 851. The van der Waals surface area contributed by atoms with Crippen LogP contribution in [0.2, 0.25) is 0 Å². The largest absolute Gasteiger partial charge is 0.416 e. The van der Waals surface area contributed by atoms with Crippen molar-refractivity contribution in [2.45, 2.75) is 36.2 Å².